The third-order valence-electron chi connectivity index (χ3n) is 4.49. The van der Waals surface area contributed by atoms with Gasteiger partial charge in [0.1, 0.15) is 21.7 Å². The maximum atomic E-state index is 5.94. The number of hydrogen-bond donors (Lipinski definition) is 1. The lowest BCUT2D eigenvalue weighted by Gasteiger charge is -2.09. The van der Waals surface area contributed by atoms with Crippen LogP contribution in [0.5, 0.6) is 5.88 Å². The van der Waals surface area contributed by atoms with E-state index in [2.05, 4.69) is 49.5 Å². The van der Waals surface area contributed by atoms with Gasteiger partial charge in [0.05, 0.1) is 13.2 Å². The molecule has 4 rings (SSSR count). The molecule has 0 spiro atoms. The first-order valence-electron chi connectivity index (χ1n) is 9.01. The predicted octanol–water partition coefficient (Wildman–Crippen LogP) is 3.44. The van der Waals surface area contributed by atoms with E-state index in [0.717, 1.165) is 27.9 Å². The molecule has 0 radical (unpaired) electrons. The van der Waals surface area contributed by atoms with Gasteiger partial charge in [0.25, 0.3) is 0 Å². The second-order valence-electron chi connectivity index (χ2n) is 6.88. The maximum Gasteiger partial charge on any atom is 0.218 e. The Hall–Kier alpha value is -2.61. The summed E-state index contributed by atoms with van der Waals surface area (Å²) in [5.74, 6) is 3.00. The van der Waals surface area contributed by atoms with Gasteiger partial charge in [0.15, 0.2) is 0 Å². The highest BCUT2D eigenvalue weighted by Crippen LogP contribution is 2.46. The molecule has 1 aliphatic carbocycles. The van der Waals surface area contributed by atoms with Crippen LogP contribution in [-0.2, 0) is 6.54 Å². The minimum absolute atomic E-state index is 0.492. The summed E-state index contributed by atoms with van der Waals surface area (Å²) in [5, 5.41) is 13.3. The fourth-order valence-electron chi connectivity index (χ4n) is 2.96. The number of nitrogens with zero attached hydrogens (tertiary/aromatic N) is 5. The molecular formula is C19H22N6OS. The summed E-state index contributed by atoms with van der Waals surface area (Å²) in [6.45, 7) is 7.10. The van der Waals surface area contributed by atoms with Crippen LogP contribution in [0.3, 0.4) is 0 Å². The van der Waals surface area contributed by atoms with Gasteiger partial charge in [-0.3, -0.25) is 4.98 Å². The maximum absolute atomic E-state index is 5.94. The number of nitrogens with one attached hydrogen (secondary N) is 1. The lowest BCUT2D eigenvalue weighted by atomic mass is 10.2. The Morgan fingerprint density at radius 3 is 2.81 bits per heavy atom. The van der Waals surface area contributed by atoms with Crippen molar-refractivity contribution in [2.24, 2.45) is 5.92 Å². The largest absolute Gasteiger partial charge is 0.477 e. The van der Waals surface area contributed by atoms with Gasteiger partial charge in [-0.25, -0.2) is 4.98 Å². The third kappa shape index (κ3) is 4.57. The highest BCUT2D eigenvalue weighted by molar-refractivity contribution is 7.11. The summed E-state index contributed by atoms with van der Waals surface area (Å²) in [6.07, 6.45) is 3.04. The summed E-state index contributed by atoms with van der Waals surface area (Å²) < 4.78 is 5.94. The molecule has 0 bridgehead atoms. The standard InChI is InChI=1S/C19H22N6OS/c1-11-4-5-16(20-8-11)15-6-14(15)10-26-18-7-17(22-12(2)23-18)21-9-19-25-24-13(3)27-19/h4-5,7-8,14-15H,6,9-10H2,1-3H3,(H,21,22,23). The van der Waals surface area contributed by atoms with E-state index < -0.39 is 0 Å². The Morgan fingerprint density at radius 1 is 1.19 bits per heavy atom. The van der Waals surface area contributed by atoms with E-state index in [1.54, 1.807) is 11.3 Å². The van der Waals surface area contributed by atoms with Gasteiger partial charge in [-0.1, -0.05) is 17.4 Å². The Morgan fingerprint density at radius 2 is 2.07 bits per heavy atom. The zero-order valence-corrected chi connectivity index (χ0v) is 16.5. The Labute approximate surface area is 162 Å². The van der Waals surface area contributed by atoms with Crippen LogP contribution < -0.4 is 10.1 Å². The van der Waals surface area contributed by atoms with Crippen LogP contribution in [0.4, 0.5) is 5.82 Å². The molecule has 0 aromatic carbocycles. The van der Waals surface area contributed by atoms with E-state index in [9.17, 15) is 0 Å². The third-order valence-corrected chi connectivity index (χ3v) is 5.32. The number of aromatic nitrogens is 5. The van der Waals surface area contributed by atoms with E-state index in [1.165, 1.54) is 5.56 Å². The minimum Gasteiger partial charge on any atom is -0.477 e. The van der Waals surface area contributed by atoms with E-state index in [0.29, 0.717) is 36.7 Å². The molecule has 1 saturated carbocycles. The number of hydrogen-bond acceptors (Lipinski definition) is 8. The van der Waals surface area contributed by atoms with Crippen molar-refractivity contribution in [2.75, 3.05) is 11.9 Å². The van der Waals surface area contributed by atoms with Gasteiger partial charge in [-0.15, -0.1) is 10.2 Å². The van der Waals surface area contributed by atoms with E-state index in [4.69, 9.17) is 4.74 Å². The van der Waals surface area contributed by atoms with Gasteiger partial charge in [0.2, 0.25) is 5.88 Å². The number of pyridine rings is 1. The van der Waals surface area contributed by atoms with Crippen molar-refractivity contribution in [3.63, 3.8) is 0 Å². The van der Waals surface area contributed by atoms with Crippen LogP contribution in [0.1, 0.15) is 39.4 Å². The average Bonchev–Trinajstić information content (AvgIpc) is 3.30. The molecule has 2 atom stereocenters. The highest BCUT2D eigenvalue weighted by atomic mass is 32.1. The lowest BCUT2D eigenvalue weighted by Crippen LogP contribution is -2.07. The summed E-state index contributed by atoms with van der Waals surface area (Å²) in [4.78, 5) is 13.3. The van der Waals surface area contributed by atoms with Crippen LogP contribution in [0.25, 0.3) is 0 Å². The quantitative estimate of drug-likeness (QED) is 0.670. The van der Waals surface area contributed by atoms with Crippen molar-refractivity contribution in [1.82, 2.24) is 25.1 Å². The number of anilines is 1. The summed E-state index contributed by atoms with van der Waals surface area (Å²) in [6, 6.07) is 6.07. The highest BCUT2D eigenvalue weighted by Gasteiger charge is 2.40. The van der Waals surface area contributed by atoms with Gasteiger partial charge < -0.3 is 10.1 Å². The molecule has 1 fully saturated rings. The van der Waals surface area contributed by atoms with Crippen molar-refractivity contribution in [3.8, 4) is 5.88 Å². The number of ether oxygens (including phenoxy) is 1. The zero-order chi connectivity index (χ0) is 18.8. The molecule has 1 aliphatic rings. The molecule has 0 aliphatic heterocycles. The average molecular weight is 382 g/mol. The normalized spacial score (nSPS) is 18.3. The van der Waals surface area contributed by atoms with Crippen LogP contribution >= 0.6 is 11.3 Å². The molecule has 3 aromatic rings. The van der Waals surface area contributed by atoms with Crippen molar-refractivity contribution in [2.45, 2.75) is 39.7 Å². The van der Waals surface area contributed by atoms with Gasteiger partial charge in [-0.05, 0) is 38.8 Å². The predicted molar refractivity (Wildman–Crippen MR) is 104 cm³/mol. The smallest absolute Gasteiger partial charge is 0.218 e. The number of rotatable bonds is 7. The van der Waals surface area contributed by atoms with E-state index in [1.807, 2.05) is 26.1 Å². The second-order valence-corrected chi connectivity index (χ2v) is 8.15. The van der Waals surface area contributed by atoms with Crippen molar-refractivity contribution in [3.05, 3.63) is 51.5 Å². The van der Waals surface area contributed by atoms with Crippen LogP contribution in [0.15, 0.2) is 24.4 Å². The zero-order valence-electron chi connectivity index (χ0n) is 15.6. The minimum atomic E-state index is 0.492. The van der Waals surface area contributed by atoms with Gasteiger partial charge in [0, 0.05) is 29.8 Å². The van der Waals surface area contributed by atoms with Crippen molar-refractivity contribution in [1.29, 1.82) is 0 Å². The molecule has 140 valence electrons. The first-order chi connectivity index (χ1) is 13.1. The summed E-state index contributed by atoms with van der Waals surface area (Å²) in [5.41, 5.74) is 2.34. The topological polar surface area (TPSA) is 85.7 Å². The Balaban J connectivity index is 1.32. The van der Waals surface area contributed by atoms with Crippen LogP contribution in [0, 0.1) is 26.7 Å². The first-order valence-corrected chi connectivity index (χ1v) is 9.82. The molecule has 0 amide bonds. The Kier molecular flexibility index (Phi) is 4.98. The molecular weight excluding hydrogens is 360 g/mol. The second kappa shape index (κ2) is 7.56. The van der Waals surface area contributed by atoms with Crippen LogP contribution in [-0.4, -0.2) is 31.8 Å². The molecule has 1 N–H and O–H groups in total. The monoisotopic (exact) mass is 382 g/mol. The molecule has 7 nitrogen and oxygen atoms in total. The van der Waals surface area contributed by atoms with Crippen molar-refractivity contribution >= 4 is 17.2 Å². The molecule has 3 aromatic heterocycles. The first kappa shape index (κ1) is 17.8. The SMILES string of the molecule is Cc1ccc(C2CC2COc2cc(NCc3nnc(C)s3)nc(C)n2)nc1. The molecule has 27 heavy (non-hydrogen) atoms. The fourth-order valence-corrected chi connectivity index (χ4v) is 3.61. The fraction of sp³-hybridized carbons (Fsp3) is 0.421. The molecule has 3 heterocycles. The Bertz CT molecular complexity index is 926. The summed E-state index contributed by atoms with van der Waals surface area (Å²) in [7, 11) is 0. The van der Waals surface area contributed by atoms with Gasteiger partial charge >= 0.3 is 0 Å². The molecule has 0 saturated heterocycles. The molecule has 8 heteroatoms. The van der Waals surface area contributed by atoms with Crippen molar-refractivity contribution < 1.29 is 4.74 Å². The van der Waals surface area contributed by atoms with Crippen LogP contribution in [0.2, 0.25) is 0 Å². The number of aryl methyl sites for hydroxylation is 3. The van der Waals surface area contributed by atoms with Gasteiger partial charge in [-0.2, -0.15) is 4.98 Å². The van der Waals surface area contributed by atoms with E-state index in [-0.39, 0.29) is 0 Å². The summed E-state index contributed by atoms with van der Waals surface area (Å²) >= 11 is 1.57. The lowest BCUT2D eigenvalue weighted by molar-refractivity contribution is 0.284. The van der Waals surface area contributed by atoms with E-state index >= 15 is 0 Å². The molecule has 2 unspecified atom stereocenters.